The minimum Gasteiger partial charge on any atom is -0.379 e. The Labute approximate surface area is 117 Å². The van der Waals surface area contributed by atoms with Gasteiger partial charge in [-0.2, -0.15) is 0 Å². The topological polar surface area (TPSA) is 67.4 Å². The fourth-order valence-electron chi connectivity index (χ4n) is 2.25. The quantitative estimate of drug-likeness (QED) is 0.859. The Kier molecular flexibility index (Phi) is 5.24. The van der Waals surface area contributed by atoms with Crippen LogP contribution in [0.25, 0.3) is 0 Å². The third kappa shape index (κ3) is 3.95. The second-order valence-electron chi connectivity index (χ2n) is 4.96. The molecule has 2 rings (SSSR count). The van der Waals surface area contributed by atoms with E-state index in [0.29, 0.717) is 24.2 Å². The van der Waals surface area contributed by atoms with E-state index in [2.05, 4.69) is 33.7 Å². The van der Waals surface area contributed by atoms with Crippen molar-refractivity contribution in [1.82, 2.24) is 19.8 Å². The number of carbonyl (C=O) groups excluding carboxylic acids is 1. The van der Waals surface area contributed by atoms with Gasteiger partial charge in [0.25, 0.3) is 5.91 Å². The molecule has 1 atom stereocenters. The molecule has 1 aliphatic rings. The molecule has 1 aliphatic heterocycles. The van der Waals surface area contributed by atoms with Crippen molar-refractivity contribution in [2.45, 2.75) is 19.9 Å². The smallest absolute Gasteiger partial charge is 0.272 e. The number of rotatable bonds is 5. The molecule has 1 aromatic rings. The summed E-state index contributed by atoms with van der Waals surface area (Å²) in [7, 11) is 0. The van der Waals surface area contributed by atoms with Crippen LogP contribution in [0.5, 0.6) is 0 Å². The van der Waals surface area contributed by atoms with Crippen LogP contribution in [-0.4, -0.2) is 59.3 Å². The zero-order chi connectivity index (χ0) is 13.7. The summed E-state index contributed by atoms with van der Waals surface area (Å²) < 4.78 is 9.07. The number of aromatic nitrogens is 2. The van der Waals surface area contributed by atoms with Crippen LogP contribution in [0.4, 0.5) is 0 Å². The fraction of sp³-hybridized carbons (Fsp3) is 0.750. The van der Waals surface area contributed by atoms with Crippen LogP contribution in [0.3, 0.4) is 0 Å². The maximum atomic E-state index is 11.9. The molecule has 0 unspecified atom stereocenters. The van der Waals surface area contributed by atoms with Crippen molar-refractivity contribution in [1.29, 1.82) is 0 Å². The van der Waals surface area contributed by atoms with E-state index in [4.69, 9.17) is 4.74 Å². The van der Waals surface area contributed by atoms with Crippen LogP contribution in [0.1, 0.15) is 24.3 Å². The first-order chi connectivity index (χ1) is 9.18. The Hall–Kier alpha value is -1.05. The van der Waals surface area contributed by atoms with Crippen molar-refractivity contribution in [2.24, 2.45) is 5.92 Å². The zero-order valence-electron chi connectivity index (χ0n) is 11.3. The van der Waals surface area contributed by atoms with E-state index in [1.54, 1.807) is 5.38 Å². The van der Waals surface area contributed by atoms with Gasteiger partial charge in [-0.25, -0.2) is 0 Å². The number of nitrogens with one attached hydrogen (secondary N) is 1. The number of carbonyl (C=O) groups is 1. The summed E-state index contributed by atoms with van der Waals surface area (Å²) in [5.74, 6) is 0.333. The van der Waals surface area contributed by atoms with E-state index in [1.807, 2.05) is 0 Å². The van der Waals surface area contributed by atoms with Crippen molar-refractivity contribution in [3.8, 4) is 0 Å². The van der Waals surface area contributed by atoms with E-state index >= 15 is 0 Å². The second-order valence-corrected chi connectivity index (χ2v) is 5.57. The lowest BCUT2D eigenvalue weighted by molar-refractivity contribution is 0.00671. The van der Waals surface area contributed by atoms with Crippen LogP contribution in [-0.2, 0) is 4.74 Å². The molecule has 1 fully saturated rings. The molecule has 0 spiro atoms. The van der Waals surface area contributed by atoms with Gasteiger partial charge < -0.3 is 10.1 Å². The molecule has 0 saturated carbocycles. The number of hydrogen-bond acceptors (Lipinski definition) is 6. The van der Waals surface area contributed by atoms with Gasteiger partial charge in [0.05, 0.1) is 13.2 Å². The molecule has 0 aliphatic carbocycles. The molecule has 1 N–H and O–H groups in total. The molecule has 19 heavy (non-hydrogen) atoms. The summed E-state index contributed by atoms with van der Waals surface area (Å²) in [6, 6.07) is 0.333. The molecule has 1 amide bonds. The van der Waals surface area contributed by atoms with Crippen molar-refractivity contribution in [3.63, 3.8) is 0 Å². The van der Waals surface area contributed by atoms with Crippen molar-refractivity contribution in [2.75, 3.05) is 32.8 Å². The van der Waals surface area contributed by atoms with Crippen molar-refractivity contribution < 1.29 is 9.53 Å². The molecule has 6 nitrogen and oxygen atoms in total. The Morgan fingerprint density at radius 2 is 2.26 bits per heavy atom. The van der Waals surface area contributed by atoms with Gasteiger partial charge in [0.15, 0.2) is 5.69 Å². The highest BCUT2D eigenvalue weighted by atomic mass is 32.1. The summed E-state index contributed by atoms with van der Waals surface area (Å²) >= 11 is 1.19. The molecular formula is C12H20N4O2S. The highest BCUT2D eigenvalue weighted by Gasteiger charge is 2.24. The van der Waals surface area contributed by atoms with E-state index in [1.165, 1.54) is 11.5 Å². The van der Waals surface area contributed by atoms with E-state index < -0.39 is 0 Å². The number of hydrogen-bond donors (Lipinski definition) is 1. The highest BCUT2D eigenvalue weighted by molar-refractivity contribution is 7.03. The summed E-state index contributed by atoms with van der Waals surface area (Å²) in [5.41, 5.74) is 0.398. The summed E-state index contributed by atoms with van der Waals surface area (Å²) in [4.78, 5) is 14.2. The predicted octanol–water partition coefficient (Wildman–Crippen LogP) is 0.625. The predicted molar refractivity (Wildman–Crippen MR) is 73.3 cm³/mol. The lowest BCUT2D eigenvalue weighted by atomic mass is 10.0. The van der Waals surface area contributed by atoms with E-state index in [9.17, 15) is 4.79 Å². The summed E-state index contributed by atoms with van der Waals surface area (Å²) in [6.45, 7) is 8.38. The third-order valence-corrected chi connectivity index (χ3v) is 3.85. The van der Waals surface area contributed by atoms with Crippen molar-refractivity contribution in [3.05, 3.63) is 11.1 Å². The lowest BCUT2D eigenvalue weighted by Crippen LogP contribution is -2.51. The maximum absolute atomic E-state index is 11.9. The average Bonchev–Trinajstić information content (AvgIpc) is 2.93. The van der Waals surface area contributed by atoms with Crippen LogP contribution >= 0.6 is 11.5 Å². The monoisotopic (exact) mass is 284 g/mol. The van der Waals surface area contributed by atoms with E-state index in [-0.39, 0.29) is 5.91 Å². The summed E-state index contributed by atoms with van der Waals surface area (Å²) in [5, 5.41) is 8.38. The molecular weight excluding hydrogens is 264 g/mol. The van der Waals surface area contributed by atoms with Gasteiger partial charge in [-0.05, 0) is 17.5 Å². The number of morpholine rings is 1. The van der Waals surface area contributed by atoms with Gasteiger partial charge in [0.1, 0.15) is 0 Å². The minimum absolute atomic E-state index is 0.146. The van der Waals surface area contributed by atoms with Gasteiger partial charge in [-0.3, -0.25) is 9.69 Å². The first-order valence-corrected chi connectivity index (χ1v) is 7.39. The number of amides is 1. The van der Waals surface area contributed by atoms with Crippen LogP contribution < -0.4 is 5.32 Å². The molecule has 0 bridgehead atoms. The normalized spacial score (nSPS) is 18.5. The molecule has 1 saturated heterocycles. The van der Waals surface area contributed by atoms with Gasteiger partial charge in [-0.1, -0.05) is 18.3 Å². The second kappa shape index (κ2) is 6.93. The molecule has 0 radical (unpaired) electrons. The molecule has 0 aromatic carbocycles. The van der Waals surface area contributed by atoms with Gasteiger partial charge >= 0.3 is 0 Å². The SMILES string of the molecule is CC(C)[C@H](CNC(=O)c1csnn1)N1CCOCC1. The van der Waals surface area contributed by atoms with Gasteiger partial charge in [-0.15, -0.1) is 5.10 Å². The minimum atomic E-state index is -0.146. The van der Waals surface area contributed by atoms with Gasteiger partial charge in [0, 0.05) is 31.1 Å². The molecule has 1 aromatic heterocycles. The Morgan fingerprint density at radius 1 is 1.53 bits per heavy atom. The Balaban J connectivity index is 1.88. The third-order valence-electron chi connectivity index (χ3n) is 3.35. The molecule has 7 heteroatoms. The van der Waals surface area contributed by atoms with Crippen LogP contribution in [0.2, 0.25) is 0 Å². The van der Waals surface area contributed by atoms with Crippen LogP contribution in [0, 0.1) is 5.92 Å². The highest BCUT2D eigenvalue weighted by Crippen LogP contribution is 2.12. The van der Waals surface area contributed by atoms with Gasteiger partial charge in [0.2, 0.25) is 0 Å². The Bertz CT molecular complexity index is 390. The largest absolute Gasteiger partial charge is 0.379 e. The van der Waals surface area contributed by atoms with Crippen molar-refractivity contribution >= 4 is 17.4 Å². The number of nitrogens with zero attached hydrogens (tertiary/aromatic N) is 3. The first kappa shape index (κ1) is 14.4. The Morgan fingerprint density at radius 3 is 2.84 bits per heavy atom. The lowest BCUT2D eigenvalue weighted by Gasteiger charge is -2.36. The standard InChI is InChI=1S/C12H20N4O2S/c1-9(2)11(16-3-5-18-6-4-16)7-13-12(17)10-8-19-15-14-10/h8-9,11H,3-7H2,1-2H3,(H,13,17)/t11-/m0/s1. The maximum Gasteiger partial charge on any atom is 0.272 e. The molecule has 106 valence electrons. The van der Waals surface area contributed by atoms with E-state index in [0.717, 1.165) is 26.3 Å². The first-order valence-electron chi connectivity index (χ1n) is 6.55. The molecule has 2 heterocycles. The average molecular weight is 284 g/mol. The fourth-order valence-corrected chi connectivity index (χ4v) is 2.68. The zero-order valence-corrected chi connectivity index (χ0v) is 12.2. The summed E-state index contributed by atoms with van der Waals surface area (Å²) in [6.07, 6.45) is 0. The van der Waals surface area contributed by atoms with Crippen LogP contribution in [0.15, 0.2) is 5.38 Å². The number of ether oxygens (including phenoxy) is 1.